The fraction of sp³-hybridized carbons (Fsp3) is 0.265. The summed E-state index contributed by atoms with van der Waals surface area (Å²) in [5, 5.41) is 4.20. The first kappa shape index (κ1) is 34.2. The van der Waals surface area contributed by atoms with E-state index in [4.69, 9.17) is 16.3 Å². The molecule has 7 nitrogen and oxygen atoms in total. The average Bonchev–Trinajstić information content (AvgIpc) is 3.13. The molecule has 0 aromatic heterocycles. The van der Waals surface area contributed by atoms with Gasteiger partial charge in [0.05, 0.1) is 24.5 Å². The van der Waals surface area contributed by atoms with Gasteiger partial charge in [-0.05, 0) is 77.9 Å². The van der Waals surface area contributed by atoms with Crippen LogP contribution in [0.4, 0.5) is 28.9 Å². The second kappa shape index (κ2) is 13.9. The van der Waals surface area contributed by atoms with E-state index in [1.807, 2.05) is 6.92 Å². The number of benzene rings is 4. The maximum Gasteiger partial charge on any atom is 0.422 e. The molecule has 2 atom stereocenters. The smallest absolute Gasteiger partial charge is 0.422 e. The highest BCUT2D eigenvalue weighted by Crippen LogP contribution is 2.40. The third kappa shape index (κ3) is 7.70. The zero-order valence-electron chi connectivity index (χ0n) is 25.2. The summed E-state index contributed by atoms with van der Waals surface area (Å²) >= 11 is 9.82. The lowest BCUT2D eigenvalue weighted by Crippen LogP contribution is -2.53. The highest BCUT2D eigenvalue weighted by atomic mass is 79.9. The molecular formula is C34H29BrClF4N3O4. The molecule has 0 saturated carbocycles. The Hall–Kier alpha value is -4.16. The van der Waals surface area contributed by atoms with Crippen LogP contribution in [0.25, 0.3) is 10.8 Å². The van der Waals surface area contributed by atoms with E-state index in [9.17, 15) is 31.9 Å². The van der Waals surface area contributed by atoms with Crippen LogP contribution in [0, 0.1) is 11.7 Å². The number of hydrogen-bond acceptors (Lipinski definition) is 4. The highest BCUT2D eigenvalue weighted by Gasteiger charge is 2.38. The molecule has 246 valence electrons. The SMILES string of the molecule is CC[C@@H](C)C(=O)N[C@H]1CN(C(=O)c2ccc(F)cc2)c2cc(Cl)ccc2N(Cc2c(OCC(F)(F)F)ccc3cc(Br)ccc23)C1=O. The molecule has 0 fully saturated rings. The first-order valence-electron chi connectivity index (χ1n) is 14.6. The number of amides is 3. The number of halogens is 6. The number of nitrogens with one attached hydrogen (secondary N) is 1. The first-order chi connectivity index (χ1) is 22.3. The van der Waals surface area contributed by atoms with Crippen molar-refractivity contribution in [3.8, 4) is 5.75 Å². The normalized spacial score (nSPS) is 15.7. The van der Waals surface area contributed by atoms with Crippen molar-refractivity contribution in [1.82, 2.24) is 5.32 Å². The van der Waals surface area contributed by atoms with Crippen LogP contribution >= 0.6 is 27.5 Å². The van der Waals surface area contributed by atoms with E-state index in [1.54, 1.807) is 31.2 Å². The summed E-state index contributed by atoms with van der Waals surface area (Å²) in [5.41, 5.74) is 0.818. The van der Waals surface area contributed by atoms with Crippen LogP contribution in [0.3, 0.4) is 0 Å². The molecular weight excluding hydrogens is 706 g/mol. The molecule has 47 heavy (non-hydrogen) atoms. The number of ether oxygens (including phenoxy) is 1. The maximum absolute atomic E-state index is 14.5. The monoisotopic (exact) mass is 733 g/mol. The number of carbonyl (C=O) groups is 3. The lowest BCUT2D eigenvalue weighted by Gasteiger charge is -2.28. The van der Waals surface area contributed by atoms with Gasteiger partial charge in [0.15, 0.2) is 6.61 Å². The van der Waals surface area contributed by atoms with E-state index >= 15 is 0 Å². The van der Waals surface area contributed by atoms with Crippen molar-refractivity contribution in [2.75, 3.05) is 23.0 Å². The van der Waals surface area contributed by atoms with E-state index in [-0.39, 0.29) is 46.4 Å². The van der Waals surface area contributed by atoms with Gasteiger partial charge in [-0.1, -0.05) is 53.5 Å². The summed E-state index contributed by atoms with van der Waals surface area (Å²) in [6.45, 7) is 1.36. The molecule has 0 unspecified atom stereocenters. The lowest BCUT2D eigenvalue weighted by atomic mass is 10.0. The Morgan fingerprint density at radius 2 is 1.77 bits per heavy atom. The average molecular weight is 735 g/mol. The zero-order chi connectivity index (χ0) is 34.0. The minimum atomic E-state index is -4.62. The van der Waals surface area contributed by atoms with Crippen LogP contribution < -0.4 is 19.9 Å². The Balaban J connectivity index is 1.68. The van der Waals surface area contributed by atoms with Crippen LogP contribution in [-0.2, 0) is 16.1 Å². The van der Waals surface area contributed by atoms with Crippen LogP contribution in [0.1, 0.15) is 36.2 Å². The van der Waals surface area contributed by atoms with Crippen molar-refractivity contribution in [1.29, 1.82) is 0 Å². The van der Waals surface area contributed by atoms with Crippen molar-refractivity contribution in [3.05, 3.63) is 99.2 Å². The second-order valence-corrected chi connectivity index (χ2v) is 12.5. The van der Waals surface area contributed by atoms with Crippen molar-refractivity contribution in [2.24, 2.45) is 5.92 Å². The van der Waals surface area contributed by atoms with Gasteiger partial charge in [0.2, 0.25) is 5.91 Å². The summed E-state index contributed by atoms with van der Waals surface area (Å²) in [4.78, 5) is 44.2. The molecule has 1 N–H and O–H groups in total. The number of rotatable bonds is 8. The Labute approximate surface area is 281 Å². The van der Waals surface area contributed by atoms with Crippen molar-refractivity contribution >= 4 is 67.4 Å². The Morgan fingerprint density at radius 3 is 2.45 bits per heavy atom. The lowest BCUT2D eigenvalue weighted by molar-refractivity contribution is -0.153. The molecule has 0 aliphatic carbocycles. The number of hydrogen-bond donors (Lipinski definition) is 1. The third-order valence-corrected chi connectivity index (χ3v) is 8.65. The van der Waals surface area contributed by atoms with E-state index in [2.05, 4.69) is 21.2 Å². The number of carbonyl (C=O) groups excluding carboxylic acids is 3. The predicted molar refractivity (Wildman–Crippen MR) is 175 cm³/mol. The van der Waals surface area contributed by atoms with Gasteiger partial charge in [0, 0.05) is 26.5 Å². The molecule has 0 bridgehead atoms. The van der Waals surface area contributed by atoms with Crippen LogP contribution in [0.15, 0.2) is 77.3 Å². The Bertz CT molecular complexity index is 1840. The third-order valence-electron chi connectivity index (χ3n) is 7.92. The van der Waals surface area contributed by atoms with E-state index in [0.717, 1.165) is 16.6 Å². The van der Waals surface area contributed by atoms with Gasteiger partial charge in [0.25, 0.3) is 11.8 Å². The van der Waals surface area contributed by atoms with Gasteiger partial charge in [-0.15, -0.1) is 0 Å². The van der Waals surface area contributed by atoms with Gasteiger partial charge in [-0.2, -0.15) is 13.2 Å². The molecule has 4 aromatic carbocycles. The topological polar surface area (TPSA) is 79.0 Å². The number of alkyl halides is 3. The number of anilines is 2. The van der Waals surface area contributed by atoms with Crippen molar-refractivity contribution in [2.45, 2.75) is 39.0 Å². The summed E-state index contributed by atoms with van der Waals surface area (Å²) < 4.78 is 59.6. The van der Waals surface area contributed by atoms with Crippen molar-refractivity contribution < 1.29 is 36.7 Å². The van der Waals surface area contributed by atoms with Crippen LogP contribution in [0.5, 0.6) is 5.75 Å². The summed E-state index contributed by atoms with van der Waals surface area (Å²) in [5.74, 6) is -2.73. The van der Waals surface area contributed by atoms with Crippen LogP contribution in [-0.4, -0.2) is 43.1 Å². The molecule has 13 heteroatoms. The molecule has 1 aliphatic rings. The van der Waals surface area contributed by atoms with Gasteiger partial charge in [-0.25, -0.2) is 4.39 Å². The Morgan fingerprint density at radius 1 is 1.04 bits per heavy atom. The van der Waals surface area contributed by atoms with E-state index < -0.39 is 48.3 Å². The second-order valence-electron chi connectivity index (χ2n) is 11.2. The maximum atomic E-state index is 14.5. The van der Waals surface area contributed by atoms with Gasteiger partial charge in [-0.3, -0.25) is 14.4 Å². The molecule has 4 aromatic rings. The van der Waals surface area contributed by atoms with Crippen LogP contribution in [0.2, 0.25) is 5.02 Å². The predicted octanol–water partition coefficient (Wildman–Crippen LogP) is 8.06. The molecule has 0 saturated heterocycles. The summed E-state index contributed by atoms with van der Waals surface area (Å²) in [7, 11) is 0. The largest absolute Gasteiger partial charge is 0.484 e. The Kier molecular flexibility index (Phi) is 10.1. The minimum Gasteiger partial charge on any atom is -0.484 e. The van der Waals surface area contributed by atoms with Gasteiger partial charge < -0.3 is 19.9 Å². The molecule has 0 radical (unpaired) electrons. The van der Waals surface area contributed by atoms with Gasteiger partial charge >= 0.3 is 6.18 Å². The minimum absolute atomic E-state index is 0.0934. The number of nitrogens with zero attached hydrogens (tertiary/aromatic N) is 2. The molecule has 1 aliphatic heterocycles. The molecule has 0 spiro atoms. The van der Waals surface area contributed by atoms with E-state index in [0.29, 0.717) is 17.2 Å². The fourth-order valence-corrected chi connectivity index (χ4v) is 5.82. The molecule has 5 rings (SSSR count). The fourth-order valence-electron chi connectivity index (χ4n) is 5.28. The summed E-state index contributed by atoms with van der Waals surface area (Å²) in [6.07, 6.45) is -4.14. The first-order valence-corrected chi connectivity index (χ1v) is 15.8. The molecule has 1 heterocycles. The number of fused-ring (bicyclic) bond motifs is 2. The quantitative estimate of drug-likeness (QED) is 0.186. The highest BCUT2D eigenvalue weighted by molar-refractivity contribution is 9.10. The molecule has 3 amide bonds. The van der Waals surface area contributed by atoms with Crippen molar-refractivity contribution in [3.63, 3.8) is 0 Å². The zero-order valence-corrected chi connectivity index (χ0v) is 27.5. The van der Waals surface area contributed by atoms with E-state index in [1.165, 1.54) is 46.2 Å². The standard InChI is InChI=1S/C34H29BrClF4N3O4/c1-3-19(2)31(44)41-27-17-43(32(45)20-4-9-24(37)10-5-20)29-15-23(36)8-12-28(29)42(33(27)46)16-26-25-11-7-22(35)14-21(25)6-13-30(26)47-18-34(38,39)40/h4-15,19,27H,3,16-18H2,1-2H3,(H,41,44)/t19-,27+/m1/s1. The van der Waals surface area contributed by atoms with Gasteiger partial charge in [0.1, 0.15) is 17.6 Å². The summed E-state index contributed by atoms with van der Waals surface area (Å²) in [6, 6.07) is 16.3.